The van der Waals surface area contributed by atoms with Crippen LogP contribution in [-0.4, -0.2) is 36.7 Å². The number of hydrogen-bond donors (Lipinski definition) is 1. The third-order valence-electron chi connectivity index (χ3n) is 3.99. The highest BCUT2D eigenvalue weighted by atomic mass is 19.1. The monoisotopic (exact) mass is 356 g/mol. The van der Waals surface area contributed by atoms with Crippen molar-refractivity contribution in [2.75, 3.05) is 0 Å². The number of nitrogens with one attached hydrogen (secondary N) is 1. The minimum Gasteiger partial charge on any atom is -0.346 e. The molecule has 0 aliphatic carbocycles. The molecular weight excluding hydrogens is 335 g/mol. The molecule has 136 valence electrons. The van der Waals surface area contributed by atoms with Crippen molar-refractivity contribution < 1.29 is 9.18 Å². The molecule has 2 aromatic heterocycles. The number of rotatable bonds is 6. The molecule has 0 saturated carbocycles. The van der Waals surface area contributed by atoms with E-state index in [1.54, 1.807) is 18.2 Å². The highest BCUT2D eigenvalue weighted by molar-refractivity contribution is 5.92. The molecule has 26 heavy (non-hydrogen) atoms. The van der Waals surface area contributed by atoms with Crippen molar-refractivity contribution in [2.24, 2.45) is 0 Å². The molecule has 0 fully saturated rings. The average molecular weight is 356 g/mol. The van der Waals surface area contributed by atoms with Crippen LogP contribution in [0.4, 0.5) is 4.39 Å². The van der Waals surface area contributed by atoms with E-state index in [4.69, 9.17) is 0 Å². The van der Waals surface area contributed by atoms with Crippen molar-refractivity contribution >= 4 is 5.91 Å². The van der Waals surface area contributed by atoms with Crippen LogP contribution < -0.4 is 5.32 Å². The Bertz CT molecular complexity index is 916. The number of carbonyl (C=O) groups is 1. The van der Waals surface area contributed by atoms with Crippen LogP contribution in [0.5, 0.6) is 0 Å². The van der Waals surface area contributed by atoms with Crippen molar-refractivity contribution in [2.45, 2.75) is 39.9 Å². The fourth-order valence-corrected chi connectivity index (χ4v) is 2.74. The Kier molecular flexibility index (Phi) is 5.11. The number of carbonyl (C=O) groups excluding carboxylic acids is 1. The lowest BCUT2D eigenvalue weighted by Gasteiger charge is -2.14. The topological polar surface area (TPSA) is 77.6 Å². The Morgan fingerprint density at radius 1 is 1.31 bits per heavy atom. The average Bonchev–Trinajstić information content (AvgIpc) is 3.16. The molecule has 3 rings (SSSR count). The largest absolute Gasteiger partial charge is 0.346 e. The number of nitrogens with zero attached hydrogens (tertiary/aromatic N) is 5. The quantitative estimate of drug-likeness (QED) is 0.734. The first-order valence-corrected chi connectivity index (χ1v) is 8.38. The molecule has 2 heterocycles. The second-order valence-corrected chi connectivity index (χ2v) is 6.38. The van der Waals surface area contributed by atoms with Gasteiger partial charge in [-0.25, -0.2) is 9.07 Å². The fraction of sp³-hybridized carbons (Fsp3) is 0.333. The Morgan fingerprint density at radius 2 is 2.08 bits per heavy atom. The first-order chi connectivity index (χ1) is 12.4. The smallest absolute Gasteiger partial charge is 0.273 e. The van der Waals surface area contributed by atoms with Crippen molar-refractivity contribution in [1.29, 1.82) is 0 Å². The normalized spacial score (nSPS) is 12.2. The van der Waals surface area contributed by atoms with E-state index in [9.17, 15) is 9.18 Å². The van der Waals surface area contributed by atoms with Crippen molar-refractivity contribution in [3.8, 4) is 0 Å². The van der Waals surface area contributed by atoms with Crippen LogP contribution >= 0.6 is 0 Å². The Balaban J connectivity index is 1.61. The fourth-order valence-electron chi connectivity index (χ4n) is 2.74. The summed E-state index contributed by atoms with van der Waals surface area (Å²) >= 11 is 0. The number of aryl methyl sites for hydroxylation is 2. The standard InChI is InChI=1S/C18H21FN6O/c1-12-8-14(3)25(22-12)9-13(2)20-18(26)17-11-24(23-21-17)10-15-6-4-5-7-16(15)19/h4-8,11,13H,9-10H2,1-3H3,(H,20,26). The van der Waals surface area contributed by atoms with Crippen LogP contribution in [0.3, 0.4) is 0 Å². The molecule has 1 N–H and O–H groups in total. The summed E-state index contributed by atoms with van der Waals surface area (Å²) in [4.78, 5) is 12.3. The van der Waals surface area contributed by atoms with E-state index in [2.05, 4.69) is 20.7 Å². The molecule has 3 aromatic rings. The number of amides is 1. The summed E-state index contributed by atoms with van der Waals surface area (Å²) in [7, 11) is 0. The minimum absolute atomic E-state index is 0.128. The van der Waals surface area contributed by atoms with Crippen LogP contribution in [-0.2, 0) is 13.1 Å². The van der Waals surface area contributed by atoms with Gasteiger partial charge in [-0.3, -0.25) is 9.48 Å². The summed E-state index contributed by atoms with van der Waals surface area (Å²) in [6.45, 7) is 6.59. The molecule has 1 unspecified atom stereocenters. The molecule has 0 bridgehead atoms. The second-order valence-electron chi connectivity index (χ2n) is 6.38. The zero-order chi connectivity index (χ0) is 18.7. The van der Waals surface area contributed by atoms with E-state index in [0.29, 0.717) is 12.1 Å². The van der Waals surface area contributed by atoms with Crippen molar-refractivity contribution in [1.82, 2.24) is 30.1 Å². The van der Waals surface area contributed by atoms with Crippen molar-refractivity contribution in [3.05, 3.63) is 65.0 Å². The van der Waals surface area contributed by atoms with Gasteiger partial charge >= 0.3 is 0 Å². The van der Waals surface area contributed by atoms with E-state index >= 15 is 0 Å². The summed E-state index contributed by atoms with van der Waals surface area (Å²) in [6.07, 6.45) is 1.51. The predicted molar refractivity (Wildman–Crippen MR) is 94.2 cm³/mol. The van der Waals surface area contributed by atoms with E-state index < -0.39 is 0 Å². The lowest BCUT2D eigenvalue weighted by molar-refractivity contribution is 0.0930. The molecule has 0 radical (unpaired) electrons. The summed E-state index contributed by atoms with van der Waals surface area (Å²) < 4.78 is 17.0. The predicted octanol–water partition coefficient (Wildman–Crippen LogP) is 2.10. The molecule has 0 aliphatic heterocycles. The molecule has 0 spiro atoms. The van der Waals surface area contributed by atoms with Gasteiger partial charge in [-0.05, 0) is 32.9 Å². The zero-order valence-electron chi connectivity index (χ0n) is 15.0. The van der Waals surface area contributed by atoms with Gasteiger partial charge in [0.25, 0.3) is 5.91 Å². The Hall–Kier alpha value is -3.03. The summed E-state index contributed by atoms with van der Waals surface area (Å²) in [6, 6.07) is 8.31. The Morgan fingerprint density at radius 3 is 2.77 bits per heavy atom. The van der Waals surface area contributed by atoms with Gasteiger partial charge in [0.05, 0.1) is 25.0 Å². The highest BCUT2D eigenvalue weighted by Gasteiger charge is 2.15. The Labute approximate surface area is 150 Å². The highest BCUT2D eigenvalue weighted by Crippen LogP contribution is 2.08. The number of aromatic nitrogens is 5. The van der Waals surface area contributed by atoms with Gasteiger partial charge < -0.3 is 5.32 Å². The van der Waals surface area contributed by atoms with Gasteiger partial charge in [0, 0.05) is 17.3 Å². The molecule has 7 nitrogen and oxygen atoms in total. The number of halogens is 1. The molecule has 0 aliphatic rings. The number of hydrogen-bond acceptors (Lipinski definition) is 4. The molecule has 1 amide bonds. The van der Waals surface area contributed by atoms with Gasteiger partial charge in [-0.15, -0.1) is 5.10 Å². The third-order valence-corrected chi connectivity index (χ3v) is 3.99. The van der Waals surface area contributed by atoms with Crippen LogP contribution in [0, 0.1) is 19.7 Å². The van der Waals surface area contributed by atoms with Gasteiger partial charge in [-0.2, -0.15) is 5.10 Å². The first-order valence-electron chi connectivity index (χ1n) is 8.38. The lowest BCUT2D eigenvalue weighted by atomic mass is 10.2. The van der Waals surface area contributed by atoms with Crippen LogP contribution in [0.2, 0.25) is 0 Å². The first kappa shape index (κ1) is 17.8. The van der Waals surface area contributed by atoms with Gasteiger partial charge in [0.15, 0.2) is 5.69 Å². The van der Waals surface area contributed by atoms with Gasteiger partial charge in [0.1, 0.15) is 5.82 Å². The lowest BCUT2D eigenvalue weighted by Crippen LogP contribution is -2.36. The van der Waals surface area contributed by atoms with E-state index in [1.807, 2.05) is 31.5 Å². The maximum Gasteiger partial charge on any atom is 0.273 e. The summed E-state index contributed by atoms with van der Waals surface area (Å²) in [5, 5.41) is 15.1. The minimum atomic E-state index is -0.321. The van der Waals surface area contributed by atoms with E-state index in [0.717, 1.165) is 11.4 Å². The van der Waals surface area contributed by atoms with E-state index in [-0.39, 0.29) is 30.0 Å². The zero-order valence-corrected chi connectivity index (χ0v) is 15.0. The molecule has 8 heteroatoms. The molecular formula is C18H21FN6O. The maximum absolute atomic E-state index is 13.7. The van der Waals surface area contributed by atoms with Crippen LogP contribution in [0.15, 0.2) is 36.5 Å². The van der Waals surface area contributed by atoms with Crippen molar-refractivity contribution in [3.63, 3.8) is 0 Å². The third kappa shape index (κ3) is 4.14. The summed E-state index contributed by atoms with van der Waals surface area (Å²) in [5.74, 6) is -0.633. The number of benzene rings is 1. The van der Waals surface area contributed by atoms with Gasteiger partial charge in [0.2, 0.25) is 0 Å². The molecule has 1 atom stereocenters. The molecule has 1 aromatic carbocycles. The summed E-state index contributed by atoms with van der Waals surface area (Å²) in [5.41, 5.74) is 2.67. The molecule has 0 saturated heterocycles. The van der Waals surface area contributed by atoms with Crippen LogP contribution in [0.1, 0.15) is 34.4 Å². The van der Waals surface area contributed by atoms with E-state index in [1.165, 1.54) is 16.9 Å². The maximum atomic E-state index is 13.7. The van der Waals surface area contributed by atoms with Gasteiger partial charge in [-0.1, -0.05) is 23.4 Å². The SMILES string of the molecule is Cc1cc(C)n(CC(C)NC(=O)c2cn(Cc3ccccc3F)nn2)n1. The second kappa shape index (κ2) is 7.47. The van der Waals surface area contributed by atoms with Crippen LogP contribution in [0.25, 0.3) is 0 Å².